The molecule has 6 nitrogen and oxygen atoms in total. The van der Waals surface area contributed by atoms with Gasteiger partial charge >= 0.3 is 5.97 Å². The highest BCUT2D eigenvalue weighted by atomic mass is 19.1. The minimum Gasteiger partial charge on any atom is -0.481 e. The molecule has 4 aromatic rings. The lowest BCUT2D eigenvalue weighted by atomic mass is 9.85. The maximum atomic E-state index is 15.2. The van der Waals surface area contributed by atoms with E-state index < -0.39 is 11.9 Å². The number of hydrogen-bond acceptors (Lipinski definition) is 4. The third kappa shape index (κ3) is 5.27. The molecule has 0 aliphatic carbocycles. The monoisotopic (exact) mass is 500 g/mol. The van der Waals surface area contributed by atoms with Crippen LogP contribution >= 0.6 is 0 Å². The number of rotatable bonds is 6. The highest BCUT2D eigenvalue weighted by molar-refractivity contribution is 5.80. The van der Waals surface area contributed by atoms with Gasteiger partial charge < -0.3 is 5.11 Å². The summed E-state index contributed by atoms with van der Waals surface area (Å²) in [6.07, 6.45) is 2.08. The van der Waals surface area contributed by atoms with Crippen molar-refractivity contribution in [2.45, 2.75) is 52.1 Å². The van der Waals surface area contributed by atoms with E-state index in [-0.39, 0.29) is 12.2 Å². The Morgan fingerprint density at radius 2 is 1.95 bits per heavy atom. The van der Waals surface area contributed by atoms with Crippen molar-refractivity contribution in [3.05, 3.63) is 93.8 Å². The summed E-state index contributed by atoms with van der Waals surface area (Å²) in [5, 5.41) is 18.2. The number of carbonyl (C=O) groups is 1. The predicted octanol–water partition coefficient (Wildman–Crippen LogP) is 5.61. The lowest BCUT2D eigenvalue weighted by molar-refractivity contribution is -0.137. The summed E-state index contributed by atoms with van der Waals surface area (Å²) in [5.74, 6) is -1.08. The van der Waals surface area contributed by atoms with E-state index in [0.29, 0.717) is 18.0 Å². The van der Waals surface area contributed by atoms with Gasteiger partial charge in [0.25, 0.3) is 0 Å². The van der Waals surface area contributed by atoms with Crippen molar-refractivity contribution in [1.82, 2.24) is 19.9 Å². The number of fused-ring (bicyclic) bond motifs is 2. The van der Waals surface area contributed by atoms with Crippen LogP contribution in [0.1, 0.15) is 59.1 Å². The van der Waals surface area contributed by atoms with Crippen molar-refractivity contribution in [1.29, 1.82) is 0 Å². The molecule has 1 aliphatic heterocycles. The Bertz CT molecular complexity index is 1450. The molecule has 1 N–H and O–H groups in total. The molecule has 0 fully saturated rings. The zero-order valence-corrected chi connectivity index (χ0v) is 21.6. The summed E-state index contributed by atoms with van der Waals surface area (Å²) >= 11 is 0. The largest absolute Gasteiger partial charge is 0.481 e. The summed E-state index contributed by atoms with van der Waals surface area (Å²) in [7, 11) is 1.83. The van der Waals surface area contributed by atoms with Crippen LogP contribution in [0.15, 0.2) is 54.6 Å². The summed E-state index contributed by atoms with van der Waals surface area (Å²) < 4.78 is 16.9. The van der Waals surface area contributed by atoms with Crippen LogP contribution in [0, 0.1) is 18.7 Å². The van der Waals surface area contributed by atoms with Crippen LogP contribution in [-0.2, 0) is 31.4 Å². The molecule has 37 heavy (non-hydrogen) atoms. The number of halogens is 1. The molecule has 2 heterocycles. The number of carboxylic acids is 1. The second kappa shape index (κ2) is 10.4. The number of hydrogen-bond donors (Lipinski definition) is 1. The van der Waals surface area contributed by atoms with Gasteiger partial charge in [0, 0.05) is 38.2 Å². The van der Waals surface area contributed by atoms with E-state index in [9.17, 15) is 9.90 Å². The molecular formula is C30H33FN4O2. The van der Waals surface area contributed by atoms with Crippen molar-refractivity contribution in [2.24, 2.45) is 13.0 Å². The third-order valence-corrected chi connectivity index (χ3v) is 7.69. The van der Waals surface area contributed by atoms with E-state index in [1.54, 1.807) is 10.7 Å². The fourth-order valence-corrected chi connectivity index (χ4v) is 5.70. The molecule has 2 atom stereocenters. The summed E-state index contributed by atoms with van der Waals surface area (Å²) in [4.78, 5) is 14.2. The summed E-state index contributed by atoms with van der Waals surface area (Å²) in [6.45, 7) is 6.33. The van der Waals surface area contributed by atoms with Crippen LogP contribution in [0.3, 0.4) is 0 Å². The fraction of sp³-hybridized carbons (Fsp3) is 0.367. The second-order valence-corrected chi connectivity index (χ2v) is 10.4. The van der Waals surface area contributed by atoms with Gasteiger partial charge in [0.15, 0.2) is 0 Å². The third-order valence-electron chi connectivity index (χ3n) is 7.69. The number of aromatic nitrogens is 3. The first-order valence-electron chi connectivity index (χ1n) is 12.9. The van der Waals surface area contributed by atoms with Gasteiger partial charge in [0.2, 0.25) is 0 Å². The van der Waals surface area contributed by atoms with Gasteiger partial charge in [-0.15, -0.1) is 5.10 Å². The van der Waals surface area contributed by atoms with Crippen LogP contribution in [0.4, 0.5) is 4.39 Å². The molecule has 1 unspecified atom stereocenters. The van der Waals surface area contributed by atoms with Gasteiger partial charge in [-0.1, -0.05) is 54.6 Å². The Labute approximate surface area is 216 Å². The van der Waals surface area contributed by atoms with Gasteiger partial charge in [-0.25, -0.2) is 9.07 Å². The summed E-state index contributed by atoms with van der Waals surface area (Å²) in [6, 6.07) is 17.5. The van der Waals surface area contributed by atoms with E-state index >= 15 is 4.39 Å². The molecule has 0 saturated heterocycles. The molecule has 1 aromatic heterocycles. The normalized spacial score (nSPS) is 17.2. The standard InChI is InChI=1S/C30H33FN4O2/c1-19-8-9-21-6-4-5-7-23(21)17-35(16-19)18-24-14-22(10-12-27(24)31)26(15-29(36)37)25-11-13-28-30(20(25)2)32-33-34(28)3/h4-7,10-14,19,26H,8-9,15-18H2,1-3H3,(H,36,37)/t19-,26?/m1/s1. The molecular weight excluding hydrogens is 467 g/mol. The highest BCUT2D eigenvalue weighted by Crippen LogP contribution is 2.34. The maximum Gasteiger partial charge on any atom is 0.304 e. The highest BCUT2D eigenvalue weighted by Gasteiger charge is 2.24. The molecule has 5 rings (SSSR count). The first-order chi connectivity index (χ1) is 17.8. The quantitative estimate of drug-likeness (QED) is 0.373. The number of benzene rings is 3. The van der Waals surface area contributed by atoms with Crippen LogP contribution in [0.5, 0.6) is 0 Å². The Balaban J connectivity index is 1.50. The lowest BCUT2D eigenvalue weighted by Gasteiger charge is -2.30. The van der Waals surface area contributed by atoms with E-state index in [2.05, 4.69) is 46.4 Å². The smallest absolute Gasteiger partial charge is 0.304 e. The molecule has 192 valence electrons. The van der Waals surface area contributed by atoms with E-state index in [0.717, 1.165) is 53.7 Å². The zero-order chi connectivity index (χ0) is 26.1. The second-order valence-electron chi connectivity index (χ2n) is 10.4. The van der Waals surface area contributed by atoms with Crippen molar-refractivity contribution in [2.75, 3.05) is 6.54 Å². The Morgan fingerprint density at radius 1 is 1.16 bits per heavy atom. The molecule has 0 bridgehead atoms. The van der Waals surface area contributed by atoms with Crippen molar-refractivity contribution in [3.8, 4) is 0 Å². The lowest BCUT2D eigenvalue weighted by Crippen LogP contribution is -2.30. The molecule has 3 aromatic carbocycles. The van der Waals surface area contributed by atoms with Crippen LogP contribution < -0.4 is 0 Å². The van der Waals surface area contributed by atoms with E-state index in [4.69, 9.17) is 0 Å². The first kappa shape index (κ1) is 25.1. The number of aryl methyl sites for hydroxylation is 3. The average molecular weight is 501 g/mol. The van der Waals surface area contributed by atoms with Gasteiger partial charge in [-0.3, -0.25) is 9.69 Å². The zero-order valence-electron chi connectivity index (χ0n) is 21.6. The number of aliphatic carboxylic acids is 1. The van der Waals surface area contributed by atoms with Crippen molar-refractivity contribution in [3.63, 3.8) is 0 Å². The molecule has 0 amide bonds. The molecule has 7 heteroatoms. The Kier molecular flexibility index (Phi) is 7.07. The summed E-state index contributed by atoms with van der Waals surface area (Å²) in [5.41, 5.74) is 7.47. The number of carboxylic acid groups (broad SMARTS) is 1. The fourth-order valence-electron chi connectivity index (χ4n) is 5.70. The molecule has 0 spiro atoms. The Morgan fingerprint density at radius 3 is 2.73 bits per heavy atom. The van der Waals surface area contributed by atoms with Crippen molar-refractivity contribution < 1.29 is 14.3 Å². The molecule has 1 aliphatic rings. The topological polar surface area (TPSA) is 71.2 Å². The predicted molar refractivity (Wildman–Crippen MR) is 142 cm³/mol. The van der Waals surface area contributed by atoms with Crippen LogP contribution in [0.2, 0.25) is 0 Å². The molecule has 0 saturated carbocycles. The maximum absolute atomic E-state index is 15.2. The first-order valence-corrected chi connectivity index (χ1v) is 12.9. The van der Waals surface area contributed by atoms with Crippen molar-refractivity contribution >= 4 is 17.0 Å². The number of nitrogens with zero attached hydrogens (tertiary/aromatic N) is 4. The van der Waals surface area contributed by atoms with Gasteiger partial charge in [-0.05, 0) is 65.6 Å². The van der Waals surface area contributed by atoms with E-state index in [1.165, 1.54) is 17.2 Å². The molecule has 0 radical (unpaired) electrons. The minimum absolute atomic E-state index is 0.0915. The van der Waals surface area contributed by atoms with Crippen LogP contribution in [-0.4, -0.2) is 37.5 Å². The SMILES string of the molecule is Cc1c(C(CC(=O)O)c2ccc(F)c(CN3Cc4ccccc4CC[C@@H](C)C3)c2)ccc2c1nnn2C. The van der Waals surface area contributed by atoms with Gasteiger partial charge in [-0.2, -0.15) is 0 Å². The van der Waals surface area contributed by atoms with Crippen LogP contribution in [0.25, 0.3) is 11.0 Å². The van der Waals surface area contributed by atoms with Gasteiger partial charge in [0.1, 0.15) is 11.3 Å². The van der Waals surface area contributed by atoms with Gasteiger partial charge in [0.05, 0.1) is 11.9 Å². The minimum atomic E-state index is -0.899. The van der Waals surface area contributed by atoms with E-state index in [1.807, 2.05) is 32.2 Å². The average Bonchev–Trinajstić information content (AvgIpc) is 3.24. The Hall–Kier alpha value is -3.58.